The van der Waals surface area contributed by atoms with Gasteiger partial charge in [0.25, 0.3) is 0 Å². The van der Waals surface area contributed by atoms with Crippen molar-refractivity contribution in [3.8, 4) is 5.75 Å². The third kappa shape index (κ3) is 2.82. The number of hydrogen-bond donors (Lipinski definition) is 0. The fourth-order valence-electron chi connectivity index (χ4n) is 2.70. The lowest BCUT2D eigenvalue weighted by Gasteiger charge is -2.10. The van der Waals surface area contributed by atoms with E-state index in [-0.39, 0.29) is 0 Å². The Morgan fingerprint density at radius 3 is 2.45 bits per heavy atom. The zero-order chi connectivity index (χ0) is 15.5. The molecule has 0 saturated carbocycles. The summed E-state index contributed by atoms with van der Waals surface area (Å²) in [6.45, 7) is 1.06. The molecule has 114 valence electrons. The monoisotopic (exact) mass is 315 g/mol. The molecule has 0 aliphatic carbocycles. The number of aryl methyl sites for hydroxylation is 1. The van der Waals surface area contributed by atoms with Crippen molar-refractivity contribution >= 4 is 22.5 Å². The average Bonchev–Trinajstić information content (AvgIpc) is 2.80. The number of para-hydroxylation sites is 1. The van der Waals surface area contributed by atoms with Crippen molar-refractivity contribution in [2.24, 2.45) is 7.05 Å². The van der Waals surface area contributed by atoms with Crippen LogP contribution in [0.4, 0.5) is 0 Å². The minimum Gasteiger partial charge on any atom is -0.487 e. The van der Waals surface area contributed by atoms with Gasteiger partial charge in [0.2, 0.25) is 0 Å². The van der Waals surface area contributed by atoms with E-state index in [4.69, 9.17) is 21.1 Å². The molecule has 3 rings (SSSR count). The van der Waals surface area contributed by atoms with Crippen LogP contribution >= 0.6 is 11.6 Å². The summed E-state index contributed by atoms with van der Waals surface area (Å²) in [4.78, 5) is 0. The lowest BCUT2D eigenvalue weighted by atomic mass is 10.1. The summed E-state index contributed by atoms with van der Waals surface area (Å²) in [6, 6.07) is 15.7. The topological polar surface area (TPSA) is 23.4 Å². The van der Waals surface area contributed by atoms with Crippen molar-refractivity contribution < 1.29 is 9.47 Å². The van der Waals surface area contributed by atoms with Crippen LogP contribution in [0.3, 0.4) is 0 Å². The first-order valence-corrected chi connectivity index (χ1v) is 7.51. The molecule has 0 aliphatic rings. The Balaban J connectivity index is 1.93. The lowest BCUT2D eigenvalue weighted by molar-refractivity contribution is 0.182. The van der Waals surface area contributed by atoms with Gasteiger partial charge in [0.15, 0.2) is 0 Å². The van der Waals surface area contributed by atoms with Crippen LogP contribution in [0.2, 0.25) is 5.02 Å². The summed E-state index contributed by atoms with van der Waals surface area (Å²) in [6.07, 6.45) is 0. The molecule has 2 aromatic carbocycles. The Hall–Kier alpha value is -1.97. The molecule has 1 aromatic heterocycles. The van der Waals surface area contributed by atoms with E-state index in [1.807, 2.05) is 36.4 Å². The number of ether oxygens (including phenoxy) is 2. The van der Waals surface area contributed by atoms with Gasteiger partial charge in [-0.1, -0.05) is 29.8 Å². The van der Waals surface area contributed by atoms with Crippen molar-refractivity contribution in [2.45, 2.75) is 13.2 Å². The van der Waals surface area contributed by atoms with Crippen molar-refractivity contribution in [3.05, 3.63) is 64.8 Å². The van der Waals surface area contributed by atoms with Crippen molar-refractivity contribution in [2.75, 3.05) is 7.11 Å². The molecule has 0 radical (unpaired) electrons. The van der Waals surface area contributed by atoms with E-state index < -0.39 is 0 Å². The lowest BCUT2D eigenvalue weighted by Crippen LogP contribution is -2.05. The molecular formula is C18H18ClNO2. The van der Waals surface area contributed by atoms with Gasteiger partial charge in [0, 0.05) is 35.6 Å². The number of rotatable bonds is 5. The highest BCUT2D eigenvalue weighted by atomic mass is 35.5. The van der Waals surface area contributed by atoms with Gasteiger partial charge in [0.1, 0.15) is 12.4 Å². The number of methoxy groups -OCH3 is 1. The smallest absolute Gasteiger partial charge is 0.129 e. The molecule has 1 heterocycles. The van der Waals surface area contributed by atoms with Crippen LogP contribution in [0.5, 0.6) is 5.75 Å². The third-order valence-electron chi connectivity index (χ3n) is 3.82. The van der Waals surface area contributed by atoms with E-state index in [9.17, 15) is 0 Å². The summed E-state index contributed by atoms with van der Waals surface area (Å²) in [5, 5.41) is 1.92. The third-order valence-corrected chi connectivity index (χ3v) is 4.07. The van der Waals surface area contributed by atoms with Gasteiger partial charge in [0.05, 0.1) is 12.3 Å². The fraction of sp³-hybridized carbons (Fsp3) is 0.222. The molecule has 0 amide bonds. The first kappa shape index (κ1) is 14.9. The molecule has 0 aliphatic heterocycles. The summed E-state index contributed by atoms with van der Waals surface area (Å²) in [5.41, 5.74) is 3.48. The zero-order valence-electron chi connectivity index (χ0n) is 12.7. The van der Waals surface area contributed by atoms with E-state index in [0.29, 0.717) is 18.2 Å². The van der Waals surface area contributed by atoms with Crippen LogP contribution in [-0.4, -0.2) is 11.7 Å². The highest BCUT2D eigenvalue weighted by molar-refractivity contribution is 6.30. The van der Waals surface area contributed by atoms with E-state index in [1.165, 1.54) is 16.5 Å². The minimum absolute atomic E-state index is 0.492. The highest BCUT2D eigenvalue weighted by Crippen LogP contribution is 2.27. The maximum atomic E-state index is 5.91. The highest BCUT2D eigenvalue weighted by Gasteiger charge is 2.15. The second-order valence-electron chi connectivity index (χ2n) is 5.18. The predicted molar refractivity (Wildman–Crippen MR) is 89.4 cm³/mol. The van der Waals surface area contributed by atoms with Crippen molar-refractivity contribution in [1.82, 2.24) is 4.57 Å². The van der Waals surface area contributed by atoms with Crippen LogP contribution in [-0.2, 0) is 25.0 Å². The van der Waals surface area contributed by atoms with Gasteiger partial charge in [-0.3, -0.25) is 0 Å². The normalized spacial score (nSPS) is 11.0. The van der Waals surface area contributed by atoms with E-state index in [0.717, 1.165) is 11.4 Å². The van der Waals surface area contributed by atoms with E-state index >= 15 is 0 Å². The van der Waals surface area contributed by atoms with Crippen LogP contribution in [0.15, 0.2) is 48.5 Å². The summed E-state index contributed by atoms with van der Waals surface area (Å²) in [7, 11) is 3.77. The Bertz CT molecular complexity index is 778. The number of nitrogens with zero attached hydrogens (tertiary/aromatic N) is 1. The second kappa shape index (κ2) is 6.42. The largest absolute Gasteiger partial charge is 0.487 e. The molecular weight excluding hydrogens is 298 g/mol. The Morgan fingerprint density at radius 1 is 1.00 bits per heavy atom. The molecule has 0 saturated heterocycles. The van der Waals surface area contributed by atoms with Gasteiger partial charge in [-0.15, -0.1) is 0 Å². The van der Waals surface area contributed by atoms with E-state index in [2.05, 4.69) is 23.7 Å². The molecule has 22 heavy (non-hydrogen) atoms. The maximum Gasteiger partial charge on any atom is 0.129 e. The Kier molecular flexibility index (Phi) is 4.36. The van der Waals surface area contributed by atoms with E-state index in [1.54, 1.807) is 7.11 Å². The van der Waals surface area contributed by atoms with Crippen LogP contribution in [0, 0.1) is 0 Å². The van der Waals surface area contributed by atoms with Gasteiger partial charge in [-0.2, -0.15) is 0 Å². The van der Waals surface area contributed by atoms with Crippen LogP contribution < -0.4 is 4.74 Å². The molecule has 0 N–H and O–H groups in total. The summed E-state index contributed by atoms with van der Waals surface area (Å²) in [5.74, 6) is 0.804. The summed E-state index contributed by atoms with van der Waals surface area (Å²) < 4.78 is 13.4. The molecule has 0 atom stereocenters. The standard InChI is InChI=1S/C18H18ClNO2/c1-20-17-6-4-3-5-15(17)16(11-21-2)18(20)12-22-14-9-7-13(19)8-10-14/h3-10H,11-12H2,1-2H3. The van der Waals surface area contributed by atoms with Gasteiger partial charge in [-0.05, 0) is 30.3 Å². The number of halogens is 1. The molecule has 0 spiro atoms. The van der Waals surface area contributed by atoms with Crippen LogP contribution in [0.1, 0.15) is 11.3 Å². The minimum atomic E-state index is 0.492. The second-order valence-corrected chi connectivity index (χ2v) is 5.61. The van der Waals surface area contributed by atoms with Gasteiger partial charge < -0.3 is 14.0 Å². The first-order chi connectivity index (χ1) is 10.7. The number of fused-ring (bicyclic) bond motifs is 1. The SMILES string of the molecule is COCc1c(COc2ccc(Cl)cc2)n(C)c2ccccc12. The van der Waals surface area contributed by atoms with Gasteiger partial charge in [-0.25, -0.2) is 0 Å². The zero-order valence-corrected chi connectivity index (χ0v) is 13.4. The van der Waals surface area contributed by atoms with Gasteiger partial charge >= 0.3 is 0 Å². The first-order valence-electron chi connectivity index (χ1n) is 7.13. The molecule has 3 aromatic rings. The van der Waals surface area contributed by atoms with Crippen LogP contribution in [0.25, 0.3) is 10.9 Å². The molecule has 3 nitrogen and oxygen atoms in total. The molecule has 0 fully saturated rings. The molecule has 0 unspecified atom stereocenters. The fourth-order valence-corrected chi connectivity index (χ4v) is 2.82. The molecule has 4 heteroatoms. The van der Waals surface area contributed by atoms with Crippen molar-refractivity contribution in [3.63, 3.8) is 0 Å². The average molecular weight is 316 g/mol. The maximum absolute atomic E-state index is 5.91. The quantitative estimate of drug-likeness (QED) is 0.689. The number of aromatic nitrogens is 1. The Labute approximate surface area is 135 Å². The molecule has 0 bridgehead atoms. The Morgan fingerprint density at radius 2 is 1.73 bits per heavy atom. The number of hydrogen-bond acceptors (Lipinski definition) is 2. The predicted octanol–water partition coefficient (Wildman–Crippen LogP) is 4.56. The van der Waals surface area contributed by atoms with Crippen molar-refractivity contribution in [1.29, 1.82) is 0 Å². The number of benzene rings is 2. The summed E-state index contributed by atoms with van der Waals surface area (Å²) >= 11 is 5.90.